The molecule has 2 N–H and O–H groups in total. The van der Waals surface area contributed by atoms with Gasteiger partial charge in [-0.1, -0.05) is 13.0 Å². The zero-order chi connectivity index (χ0) is 19.7. The Morgan fingerprint density at radius 3 is 2.42 bits per heavy atom. The van der Waals surface area contributed by atoms with Crippen molar-refractivity contribution in [2.24, 2.45) is 11.3 Å². The van der Waals surface area contributed by atoms with Gasteiger partial charge in [-0.3, -0.25) is 4.79 Å². The number of carbonyl (C=O) groups is 2. The second-order valence-electron chi connectivity index (χ2n) is 9.40. The summed E-state index contributed by atoms with van der Waals surface area (Å²) in [7, 11) is 0. The Morgan fingerprint density at radius 1 is 1.35 bits per heavy atom. The van der Waals surface area contributed by atoms with Gasteiger partial charge >= 0.3 is 5.97 Å². The summed E-state index contributed by atoms with van der Waals surface area (Å²) in [6.07, 6.45) is 2.22. The SMILES string of the molecule is C[C@H]1O[C@]1(C)C(=O)O[C@@H]1CC[C@]2(C)CC(=O)C(C(C)(C)O)=C[C@H]2[C@]1(C)O. The molecule has 6 atom stereocenters. The molecule has 2 fully saturated rings. The van der Waals surface area contributed by atoms with E-state index in [1.54, 1.807) is 33.8 Å². The van der Waals surface area contributed by atoms with E-state index in [0.717, 1.165) is 0 Å². The number of fused-ring (bicyclic) bond motifs is 1. The fourth-order valence-electron chi connectivity index (χ4n) is 4.62. The Labute approximate surface area is 154 Å². The molecule has 0 bridgehead atoms. The number of Topliss-reactive ketones (excluding diaryl/α,β-unsaturated/α-hetero) is 1. The molecule has 1 aliphatic heterocycles. The first-order valence-corrected chi connectivity index (χ1v) is 9.31. The summed E-state index contributed by atoms with van der Waals surface area (Å²) < 4.78 is 11.0. The van der Waals surface area contributed by atoms with Crippen LogP contribution in [0.3, 0.4) is 0 Å². The number of esters is 1. The zero-order valence-corrected chi connectivity index (χ0v) is 16.5. The molecule has 0 spiro atoms. The Hall–Kier alpha value is -1.24. The first-order chi connectivity index (χ1) is 11.7. The van der Waals surface area contributed by atoms with Gasteiger partial charge in [0, 0.05) is 17.9 Å². The first kappa shape index (κ1) is 19.5. The molecule has 0 radical (unpaired) electrons. The van der Waals surface area contributed by atoms with Crippen LogP contribution in [0.1, 0.15) is 60.8 Å². The predicted octanol–water partition coefficient (Wildman–Crippen LogP) is 1.91. The number of carbonyl (C=O) groups excluding carboxylic acids is 2. The monoisotopic (exact) mass is 366 g/mol. The molecule has 0 aromatic rings. The van der Waals surface area contributed by atoms with Crippen molar-refractivity contribution >= 4 is 11.8 Å². The van der Waals surface area contributed by atoms with E-state index in [1.165, 1.54) is 0 Å². The lowest BCUT2D eigenvalue weighted by atomic mass is 9.54. The summed E-state index contributed by atoms with van der Waals surface area (Å²) >= 11 is 0. The Bertz CT molecular complexity index is 672. The van der Waals surface area contributed by atoms with Crippen molar-refractivity contribution in [2.75, 3.05) is 0 Å². The number of hydrogen-bond acceptors (Lipinski definition) is 6. The molecular formula is C20H30O6. The van der Waals surface area contributed by atoms with Crippen LogP contribution in [0.15, 0.2) is 11.6 Å². The minimum atomic E-state index is -1.34. The minimum absolute atomic E-state index is 0.0878. The summed E-state index contributed by atoms with van der Waals surface area (Å²) in [6, 6.07) is 0. The highest BCUT2D eigenvalue weighted by Gasteiger charge is 2.61. The van der Waals surface area contributed by atoms with Gasteiger partial charge in [-0.15, -0.1) is 0 Å². The Morgan fingerprint density at radius 2 is 1.92 bits per heavy atom. The van der Waals surface area contributed by atoms with Crippen molar-refractivity contribution in [3.8, 4) is 0 Å². The number of ether oxygens (including phenoxy) is 2. The topological polar surface area (TPSA) is 96.4 Å². The molecule has 0 amide bonds. The van der Waals surface area contributed by atoms with Gasteiger partial charge in [0.2, 0.25) is 0 Å². The van der Waals surface area contributed by atoms with Gasteiger partial charge in [-0.2, -0.15) is 0 Å². The average Bonchev–Trinajstić information content (AvgIpc) is 3.09. The highest BCUT2D eigenvalue weighted by atomic mass is 16.7. The standard InChI is InChI=1S/C20H30O6/c1-11-20(6,26-11)16(22)25-15-7-8-18(4)10-13(21)12(17(2,3)23)9-14(18)19(15,5)24/h9,11,14-15,23-24H,7-8,10H2,1-6H3/t11-,14-,15-,18-,19+,20+/m1/s1. The van der Waals surface area contributed by atoms with Gasteiger partial charge in [-0.05, 0) is 52.9 Å². The van der Waals surface area contributed by atoms with E-state index in [0.29, 0.717) is 18.4 Å². The van der Waals surface area contributed by atoms with Crippen LogP contribution in [-0.4, -0.2) is 51.0 Å². The molecule has 3 aliphatic rings. The van der Waals surface area contributed by atoms with E-state index < -0.39 is 40.2 Å². The number of ketones is 1. The van der Waals surface area contributed by atoms with Gasteiger partial charge in [0.1, 0.15) is 11.7 Å². The lowest BCUT2D eigenvalue weighted by Crippen LogP contribution is -2.59. The highest BCUT2D eigenvalue weighted by Crippen LogP contribution is 2.54. The van der Waals surface area contributed by atoms with Gasteiger partial charge in [0.05, 0.1) is 11.7 Å². The molecule has 1 saturated carbocycles. The van der Waals surface area contributed by atoms with Crippen LogP contribution in [0.5, 0.6) is 0 Å². The minimum Gasteiger partial charge on any atom is -0.457 e. The van der Waals surface area contributed by atoms with Gasteiger partial charge < -0.3 is 19.7 Å². The third-order valence-electron chi connectivity index (χ3n) is 6.66. The number of epoxide rings is 1. The van der Waals surface area contributed by atoms with Gasteiger partial charge in [-0.25, -0.2) is 4.79 Å². The van der Waals surface area contributed by atoms with Crippen LogP contribution in [0.4, 0.5) is 0 Å². The van der Waals surface area contributed by atoms with E-state index >= 15 is 0 Å². The second-order valence-corrected chi connectivity index (χ2v) is 9.40. The van der Waals surface area contributed by atoms with E-state index in [9.17, 15) is 19.8 Å². The molecule has 2 aliphatic carbocycles. The van der Waals surface area contributed by atoms with E-state index in [4.69, 9.17) is 9.47 Å². The number of hydrogen-bond donors (Lipinski definition) is 2. The predicted molar refractivity (Wildman–Crippen MR) is 94.3 cm³/mol. The summed E-state index contributed by atoms with van der Waals surface area (Å²) in [5.41, 5.74) is -3.66. The Balaban J connectivity index is 1.90. The molecule has 0 unspecified atom stereocenters. The van der Waals surface area contributed by atoms with E-state index in [-0.39, 0.29) is 18.3 Å². The van der Waals surface area contributed by atoms with Crippen molar-refractivity contribution in [3.63, 3.8) is 0 Å². The van der Waals surface area contributed by atoms with Crippen LogP contribution in [0.25, 0.3) is 0 Å². The third-order valence-corrected chi connectivity index (χ3v) is 6.66. The van der Waals surface area contributed by atoms with Crippen molar-refractivity contribution in [2.45, 2.75) is 89.8 Å². The van der Waals surface area contributed by atoms with Crippen molar-refractivity contribution in [1.82, 2.24) is 0 Å². The molecule has 1 heterocycles. The molecule has 6 heteroatoms. The summed E-state index contributed by atoms with van der Waals surface area (Å²) in [5.74, 6) is -0.946. The van der Waals surface area contributed by atoms with Crippen LogP contribution < -0.4 is 0 Å². The van der Waals surface area contributed by atoms with Crippen LogP contribution >= 0.6 is 0 Å². The quantitative estimate of drug-likeness (QED) is 0.585. The fraction of sp³-hybridized carbons (Fsp3) is 0.800. The normalized spacial score (nSPS) is 45.6. The largest absolute Gasteiger partial charge is 0.457 e. The second kappa shape index (κ2) is 5.63. The first-order valence-electron chi connectivity index (χ1n) is 9.31. The molecule has 3 rings (SSSR count). The van der Waals surface area contributed by atoms with Gasteiger partial charge in [0.15, 0.2) is 11.4 Å². The molecule has 146 valence electrons. The van der Waals surface area contributed by atoms with Crippen molar-refractivity contribution in [3.05, 3.63) is 11.6 Å². The van der Waals surface area contributed by atoms with Crippen LogP contribution in [0.2, 0.25) is 0 Å². The fourth-order valence-corrected chi connectivity index (χ4v) is 4.62. The summed E-state index contributed by atoms with van der Waals surface area (Å²) in [5, 5.41) is 21.6. The van der Waals surface area contributed by atoms with Crippen molar-refractivity contribution in [1.29, 1.82) is 0 Å². The molecular weight excluding hydrogens is 336 g/mol. The highest BCUT2D eigenvalue weighted by molar-refractivity contribution is 5.98. The number of rotatable bonds is 3. The smallest absolute Gasteiger partial charge is 0.341 e. The maximum Gasteiger partial charge on any atom is 0.341 e. The van der Waals surface area contributed by atoms with Crippen molar-refractivity contribution < 1.29 is 29.3 Å². The average molecular weight is 366 g/mol. The van der Waals surface area contributed by atoms with Crippen LogP contribution in [0, 0.1) is 11.3 Å². The third kappa shape index (κ3) is 2.92. The lowest BCUT2D eigenvalue weighted by molar-refractivity contribution is -0.194. The van der Waals surface area contributed by atoms with Crippen LogP contribution in [-0.2, 0) is 19.1 Å². The maximum atomic E-state index is 12.5. The van der Waals surface area contributed by atoms with Gasteiger partial charge in [0.25, 0.3) is 0 Å². The summed E-state index contributed by atoms with van der Waals surface area (Å²) in [6.45, 7) is 10.3. The van der Waals surface area contributed by atoms with E-state index in [2.05, 4.69) is 0 Å². The molecule has 0 aromatic carbocycles. The lowest BCUT2D eigenvalue weighted by Gasteiger charge is -2.53. The summed E-state index contributed by atoms with van der Waals surface area (Å²) in [4.78, 5) is 25.0. The molecule has 26 heavy (non-hydrogen) atoms. The number of aliphatic hydroxyl groups is 2. The molecule has 1 saturated heterocycles. The Kier molecular flexibility index (Phi) is 4.23. The zero-order valence-electron chi connectivity index (χ0n) is 16.5. The maximum absolute atomic E-state index is 12.5. The molecule has 6 nitrogen and oxygen atoms in total. The molecule has 0 aromatic heterocycles. The van der Waals surface area contributed by atoms with E-state index in [1.807, 2.05) is 13.8 Å².